The lowest BCUT2D eigenvalue weighted by Gasteiger charge is -2.22. The number of benzene rings is 1. The Kier molecular flexibility index (Phi) is 3.71. The quantitative estimate of drug-likeness (QED) is 0.939. The maximum atomic E-state index is 5.90. The molecule has 1 saturated carbocycles. The molecule has 1 aromatic heterocycles. The lowest BCUT2D eigenvalue weighted by Crippen LogP contribution is -2.21. The third-order valence-electron chi connectivity index (χ3n) is 4.07. The average Bonchev–Trinajstić information content (AvgIpc) is 3.06. The molecule has 0 aliphatic heterocycles. The van der Waals surface area contributed by atoms with Crippen molar-refractivity contribution in [1.29, 1.82) is 0 Å². The minimum atomic E-state index is 0.501. The minimum absolute atomic E-state index is 0.501. The van der Waals surface area contributed by atoms with E-state index in [4.69, 9.17) is 5.73 Å². The zero-order valence-electron chi connectivity index (χ0n) is 10.8. The first-order valence-corrected chi connectivity index (χ1v) is 7.56. The molecule has 0 saturated heterocycles. The third-order valence-corrected chi connectivity index (χ3v) is 4.56. The molecule has 1 fully saturated rings. The summed E-state index contributed by atoms with van der Waals surface area (Å²) in [6.07, 6.45) is 7.61. The lowest BCUT2D eigenvalue weighted by atomic mass is 10.0. The maximum Gasteiger partial charge on any atom is 0.0953 e. The van der Waals surface area contributed by atoms with Gasteiger partial charge in [-0.2, -0.15) is 0 Å². The molecule has 1 aliphatic rings. The van der Waals surface area contributed by atoms with Crippen LogP contribution in [-0.2, 0) is 0 Å². The van der Waals surface area contributed by atoms with Crippen molar-refractivity contribution in [1.82, 2.24) is 9.55 Å². The first-order valence-electron chi connectivity index (χ1n) is 6.77. The number of nitrogens with zero attached hydrogens (tertiary/aromatic N) is 2. The Morgan fingerprint density at radius 1 is 1.37 bits per heavy atom. The highest BCUT2D eigenvalue weighted by Crippen LogP contribution is 2.37. The zero-order chi connectivity index (χ0) is 13.2. The second-order valence-electron chi connectivity index (χ2n) is 5.19. The Bertz CT molecular complexity index is 564. The highest BCUT2D eigenvalue weighted by Gasteiger charge is 2.28. The summed E-state index contributed by atoms with van der Waals surface area (Å²) in [4.78, 5) is 4.35. The van der Waals surface area contributed by atoms with Gasteiger partial charge in [-0.15, -0.1) is 0 Å². The molecule has 0 amide bonds. The predicted octanol–water partition coefficient (Wildman–Crippen LogP) is 3.61. The molecule has 1 heterocycles. The summed E-state index contributed by atoms with van der Waals surface area (Å²) in [5, 5.41) is 0. The Morgan fingerprint density at radius 2 is 2.26 bits per heavy atom. The van der Waals surface area contributed by atoms with Crippen molar-refractivity contribution in [3.63, 3.8) is 0 Å². The van der Waals surface area contributed by atoms with Crippen molar-refractivity contribution in [3.8, 4) is 11.3 Å². The van der Waals surface area contributed by atoms with Gasteiger partial charge < -0.3 is 10.3 Å². The topological polar surface area (TPSA) is 43.8 Å². The Balaban J connectivity index is 1.98. The summed E-state index contributed by atoms with van der Waals surface area (Å²) in [5.74, 6) is 0.583. The zero-order valence-corrected chi connectivity index (χ0v) is 12.4. The highest BCUT2D eigenvalue weighted by molar-refractivity contribution is 9.10. The van der Waals surface area contributed by atoms with E-state index in [0.717, 1.165) is 11.0 Å². The van der Waals surface area contributed by atoms with Crippen molar-refractivity contribution in [2.75, 3.05) is 6.54 Å². The first-order chi connectivity index (χ1) is 9.29. The van der Waals surface area contributed by atoms with E-state index in [2.05, 4.69) is 43.7 Å². The molecule has 3 nitrogen and oxygen atoms in total. The Labute approximate surface area is 122 Å². The van der Waals surface area contributed by atoms with Gasteiger partial charge in [-0.1, -0.05) is 34.5 Å². The van der Waals surface area contributed by atoms with Gasteiger partial charge >= 0.3 is 0 Å². The molecule has 0 bridgehead atoms. The number of aromatic nitrogens is 2. The van der Waals surface area contributed by atoms with Gasteiger partial charge in [0.05, 0.1) is 18.2 Å². The number of halogens is 1. The molecule has 4 heteroatoms. The maximum absolute atomic E-state index is 5.90. The van der Waals surface area contributed by atoms with Crippen molar-refractivity contribution in [2.24, 2.45) is 11.7 Å². The largest absolute Gasteiger partial charge is 0.330 e. The van der Waals surface area contributed by atoms with Gasteiger partial charge in [0.2, 0.25) is 0 Å². The van der Waals surface area contributed by atoms with Crippen molar-refractivity contribution in [2.45, 2.75) is 25.3 Å². The van der Waals surface area contributed by atoms with Gasteiger partial charge in [-0.05, 0) is 37.4 Å². The minimum Gasteiger partial charge on any atom is -0.330 e. The van der Waals surface area contributed by atoms with Gasteiger partial charge in [-0.25, -0.2) is 4.98 Å². The predicted molar refractivity (Wildman–Crippen MR) is 80.8 cm³/mol. The van der Waals surface area contributed by atoms with Crippen LogP contribution in [0.5, 0.6) is 0 Å². The molecular weight excluding hydrogens is 302 g/mol. The van der Waals surface area contributed by atoms with Gasteiger partial charge in [0.1, 0.15) is 0 Å². The summed E-state index contributed by atoms with van der Waals surface area (Å²) >= 11 is 3.53. The fourth-order valence-corrected chi connectivity index (χ4v) is 3.50. The number of rotatable bonds is 3. The van der Waals surface area contributed by atoms with Crippen LogP contribution in [0.2, 0.25) is 0 Å². The summed E-state index contributed by atoms with van der Waals surface area (Å²) in [7, 11) is 0. The first kappa shape index (κ1) is 12.9. The molecule has 1 aliphatic carbocycles. The number of nitrogens with two attached hydrogens (primary N) is 1. The van der Waals surface area contributed by atoms with E-state index in [-0.39, 0.29) is 0 Å². The highest BCUT2D eigenvalue weighted by atomic mass is 79.9. The second-order valence-corrected chi connectivity index (χ2v) is 6.11. The van der Waals surface area contributed by atoms with Gasteiger partial charge in [-0.3, -0.25) is 0 Å². The van der Waals surface area contributed by atoms with E-state index in [1.807, 2.05) is 18.6 Å². The fraction of sp³-hybridized carbons (Fsp3) is 0.400. The molecule has 0 spiro atoms. The fourth-order valence-electron chi connectivity index (χ4n) is 3.10. The van der Waals surface area contributed by atoms with Crippen LogP contribution in [0.25, 0.3) is 11.3 Å². The number of hydrogen-bond donors (Lipinski definition) is 1. The van der Waals surface area contributed by atoms with Crippen LogP contribution in [0.1, 0.15) is 25.3 Å². The summed E-state index contributed by atoms with van der Waals surface area (Å²) in [5.41, 5.74) is 8.29. The molecule has 2 unspecified atom stereocenters. The van der Waals surface area contributed by atoms with Crippen LogP contribution < -0.4 is 5.73 Å². The monoisotopic (exact) mass is 319 g/mol. The van der Waals surface area contributed by atoms with Crippen LogP contribution in [0.15, 0.2) is 41.3 Å². The molecule has 19 heavy (non-hydrogen) atoms. The van der Waals surface area contributed by atoms with Crippen LogP contribution in [0.3, 0.4) is 0 Å². The molecule has 100 valence electrons. The van der Waals surface area contributed by atoms with E-state index >= 15 is 0 Å². The van der Waals surface area contributed by atoms with Crippen molar-refractivity contribution >= 4 is 15.9 Å². The van der Waals surface area contributed by atoms with Crippen molar-refractivity contribution < 1.29 is 0 Å². The Morgan fingerprint density at radius 3 is 3.05 bits per heavy atom. The van der Waals surface area contributed by atoms with Crippen LogP contribution >= 0.6 is 15.9 Å². The van der Waals surface area contributed by atoms with Crippen LogP contribution in [0.4, 0.5) is 0 Å². The van der Waals surface area contributed by atoms with Gasteiger partial charge in [0.25, 0.3) is 0 Å². The van der Waals surface area contributed by atoms with E-state index in [9.17, 15) is 0 Å². The summed E-state index contributed by atoms with van der Waals surface area (Å²) in [6, 6.07) is 8.88. The van der Waals surface area contributed by atoms with Gasteiger partial charge in [0.15, 0.2) is 0 Å². The van der Waals surface area contributed by atoms with Crippen LogP contribution in [-0.4, -0.2) is 16.1 Å². The molecule has 3 rings (SSSR count). The molecule has 2 N–H and O–H groups in total. The summed E-state index contributed by atoms with van der Waals surface area (Å²) < 4.78 is 3.41. The second kappa shape index (κ2) is 5.47. The van der Waals surface area contributed by atoms with E-state index in [1.165, 1.54) is 30.5 Å². The van der Waals surface area contributed by atoms with E-state index in [1.54, 1.807) is 0 Å². The van der Waals surface area contributed by atoms with Gasteiger partial charge in [0, 0.05) is 16.1 Å². The normalized spacial score (nSPS) is 22.8. The van der Waals surface area contributed by atoms with Crippen LogP contribution in [0, 0.1) is 5.92 Å². The van der Waals surface area contributed by atoms with Crippen molar-refractivity contribution in [3.05, 3.63) is 41.3 Å². The number of hydrogen-bond acceptors (Lipinski definition) is 2. The van der Waals surface area contributed by atoms with E-state index in [0.29, 0.717) is 12.0 Å². The molecule has 0 radical (unpaired) electrons. The SMILES string of the molecule is NCC1CCCC1n1cncc1-c1cccc(Br)c1. The Hall–Kier alpha value is -1.13. The molecule has 1 aromatic carbocycles. The smallest absolute Gasteiger partial charge is 0.0953 e. The summed E-state index contributed by atoms with van der Waals surface area (Å²) in [6.45, 7) is 0.765. The average molecular weight is 320 g/mol. The molecule has 2 atom stereocenters. The number of imidazole rings is 1. The van der Waals surface area contributed by atoms with E-state index < -0.39 is 0 Å². The molecular formula is C15H18BrN3. The third kappa shape index (κ3) is 2.47. The standard InChI is InChI=1S/C15H18BrN3/c16-13-5-1-3-11(7-13)15-9-18-10-19(15)14-6-2-4-12(14)8-17/h1,3,5,7,9-10,12,14H,2,4,6,8,17H2. The molecule has 2 aromatic rings. The lowest BCUT2D eigenvalue weighted by molar-refractivity contribution is 0.390.